The van der Waals surface area contributed by atoms with E-state index in [-0.39, 0.29) is 0 Å². The van der Waals surface area contributed by atoms with Crippen LogP contribution in [0.3, 0.4) is 0 Å². The number of hydrogen-bond donors (Lipinski definition) is 2. The average molecular weight is 279 g/mol. The zero-order chi connectivity index (χ0) is 14.7. The number of nitrogens with two attached hydrogens (primary N) is 1. The third-order valence-corrected chi connectivity index (χ3v) is 4.25. The van der Waals surface area contributed by atoms with Gasteiger partial charge in [0.2, 0.25) is 0 Å². The van der Waals surface area contributed by atoms with Crippen molar-refractivity contribution >= 4 is 11.5 Å². The maximum atomic E-state index is 6.19. The molecule has 3 N–H and O–H groups in total. The van der Waals surface area contributed by atoms with E-state index in [2.05, 4.69) is 36.1 Å². The third-order valence-electron chi connectivity index (χ3n) is 4.25. The first kappa shape index (κ1) is 15.2. The molecule has 1 aliphatic heterocycles. The number of rotatable bonds is 6. The zero-order valence-electron chi connectivity index (χ0n) is 13.3. The summed E-state index contributed by atoms with van der Waals surface area (Å²) in [5.74, 6) is 1.69. The van der Waals surface area contributed by atoms with Crippen molar-refractivity contribution in [3.8, 4) is 0 Å². The molecule has 20 heavy (non-hydrogen) atoms. The molecule has 1 unspecified atom stereocenters. The van der Waals surface area contributed by atoms with Gasteiger partial charge in [0.15, 0.2) is 0 Å². The first-order valence-electron chi connectivity index (χ1n) is 7.82. The highest BCUT2D eigenvalue weighted by molar-refractivity contribution is 5.65. The first-order chi connectivity index (χ1) is 9.52. The third kappa shape index (κ3) is 3.26. The summed E-state index contributed by atoms with van der Waals surface area (Å²) < 4.78 is 1.88. The molecule has 1 aliphatic rings. The summed E-state index contributed by atoms with van der Waals surface area (Å²) in [6.45, 7) is 10.1. The van der Waals surface area contributed by atoms with Gasteiger partial charge in [-0.3, -0.25) is 4.68 Å². The molecule has 5 nitrogen and oxygen atoms in total. The number of anilines is 2. The lowest BCUT2D eigenvalue weighted by atomic mass is 10.1. The maximum absolute atomic E-state index is 6.19. The Balaban J connectivity index is 1.91. The van der Waals surface area contributed by atoms with Crippen LogP contribution < -0.4 is 11.1 Å². The van der Waals surface area contributed by atoms with Crippen molar-refractivity contribution in [1.29, 1.82) is 0 Å². The van der Waals surface area contributed by atoms with Crippen molar-refractivity contribution in [2.45, 2.75) is 46.1 Å². The van der Waals surface area contributed by atoms with Crippen LogP contribution in [0.5, 0.6) is 0 Å². The van der Waals surface area contributed by atoms with Gasteiger partial charge >= 0.3 is 0 Å². The Bertz CT molecular complexity index is 438. The predicted molar refractivity (Wildman–Crippen MR) is 84.9 cm³/mol. The van der Waals surface area contributed by atoms with Gasteiger partial charge in [-0.05, 0) is 39.2 Å². The lowest BCUT2D eigenvalue weighted by Crippen LogP contribution is -2.29. The molecular weight excluding hydrogens is 250 g/mol. The molecule has 1 aromatic heterocycles. The van der Waals surface area contributed by atoms with Crippen molar-refractivity contribution in [2.75, 3.05) is 30.7 Å². The van der Waals surface area contributed by atoms with Crippen LogP contribution in [0.1, 0.15) is 39.3 Å². The number of aromatic nitrogens is 2. The van der Waals surface area contributed by atoms with Crippen LogP contribution >= 0.6 is 0 Å². The fraction of sp³-hybridized carbons (Fsp3) is 0.800. The van der Waals surface area contributed by atoms with Gasteiger partial charge in [0, 0.05) is 26.2 Å². The summed E-state index contributed by atoms with van der Waals surface area (Å²) in [7, 11) is 1.97. The van der Waals surface area contributed by atoms with Gasteiger partial charge in [0.05, 0.1) is 11.4 Å². The summed E-state index contributed by atoms with van der Waals surface area (Å²) in [5.41, 5.74) is 8.04. The topological polar surface area (TPSA) is 59.1 Å². The summed E-state index contributed by atoms with van der Waals surface area (Å²) in [4.78, 5) is 2.54. The summed E-state index contributed by atoms with van der Waals surface area (Å²) in [6.07, 6.45) is 3.29. The quantitative estimate of drug-likeness (QED) is 0.837. The molecule has 0 amide bonds. The molecule has 0 radical (unpaired) electrons. The summed E-state index contributed by atoms with van der Waals surface area (Å²) in [5, 5.41) is 8.02. The summed E-state index contributed by atoms with van der Waals surface area (Å²) >= 11 is 0. The monoisotopic (exact) mass is 279 g/mol. The van der Waals surface area contributed by atoms with Gasteiger partial charge < -0.3 is 16.0 Å². The van der Waals surface area contributed by atoms with Gasteiger partial charge in [-0.2, -0.15) is 5.10 Å². The lowest BCUT2D eigenvalue weighted by Gasteiger charge is -2.20. The van der Waals surface area contributed by atoms with E-state index in [0.29, 0.717) is 12.0 Å². The molecule has 0 aromatic carbocycles. The van der Waals surface area contributed by atoms with Gasteiger partial charge in [-0.25, -0.2) is 0 Å². The van der Waals surface area contributed by atoms with Crippen molar-refractivity contribution in [1.82, 2.24) is 14.7 Å². The Morgan fingerprint density at radius 3 is 2.80 bits per heavy atom. The molecule has 1 saturated heterocycles. The molecule has 0 bridgehead atoms. The zero-order valence-corrected chi connectivity index (χ0v) is 13.3. The lowest BCUT2D eigenvalue weighted by molar-refractivity contribution is 0.266. The Morgan fingerprint density at radius 1 is 1.45 bits per heavy atom. The summed E-state index contributed by atoms with van der Waals surface area (Å²) in [6, 6.07) is 0.651. The minimum absolute atomic E-state index is 0.651. The molecule has 0 aliphatic carbocycles. The number of nitrogen functional groups attached to an aromatic ring is 1. The van der Waals surface area contributed by atoms with Crippen molar-refractivity contribution in [3.05, 3.63) is 5.69 Å². The second kappa shape index (κ2) is 6.48. The van der Waals surface area contributed by atoms with Gasteiger partial charge in [0.25, 0.3) is 0 Å². The van der Waals surface area contributed by atoms with Crippen LogP contribution in [-0.4, -0.2) is 40.4 Å². The van der Waals surface area contributed by atoms with E-state index in [4.69, 9.17) is 5.73 Å². The van der Waals surface area contributed by atoms with Crippen LogP contribution in [0.15, 0.2) is 0 Å². The van der Waals surface area contributed by atoms with Crippen LogP contribution in [0.25, 0.3) is 0 Å². The Kier molecular flexibility index (Phi) is 4.91. The molecule has 5 heteroatoms. The molecule has 114 valence electrons. The van der Waals surface area contributed by atoms with Crippen molar-refractivity contribution < 1.29 is 0 Å². The van der Waals surface area contributed by atoms with E-state index in [1.807, 2.05) is 11.7 Å². The van der Waals surface area contributed by atoms with E-state index in [9.17, 15) is 0 Å². The van der Waals surface area contributed by atoms with E-state index in [0.717, 1.165) is 36.6 Å². The molecule has 1 fully saturated rings. The second-order valence-corrected chi connectivity index (χ2v) is 6.21. The number of aryl methyl sites for hydroxylation is 2. The van der Waals surface area contributed by atoms with Crippen LogP contribution in [0, 0.1) is 5.92 Å². The van der Waals surface area contributed by atoms with Crippen LogP contribution in [0.2, 0.25) is 0 Å². The molecule has 0 spiro atoms. The largest absolute Gasteiger partial charge is 0.394 e. The van der Waals surface area contributed by atoms with E-state index < -0.39 is 0 Å². The van der Waals surface area contributed by atoms with Gasteiger partial charge in [0.1, 0.15) is 5.82 Å². The first-order valence-corrected chi connectivity index (χ1v) is 7.82. The SMILES string of the molecule is CCCc1nn(C)c(NCC2CCN(C(C)C)C2)c1N. The Morgan fingerprint density at radius 2 is 2.20 bits per heavy atom. The van der Waals surface area contributed by atoms with Crippen LogP contribution in [-0.2, 0) is 13.5 Å². The second-order valence-electron chi connectivity index (χ2n) is 6.21. The molecular formula is C15H29N5. The fourth-order valence-corrected chi connectivity index (χ4v) is 2.97. The molecule has 2 rings (SSSR count). The minimum Gasteiger partial charge on any atom is -0.394 e. The van der Waals surface area contributed by atoms with E-state index >= 15 is 0 Å². The molecule has 0 saturated carbocycles. The minimum atomic E-state index is 0.651. The Labute approximate surface area is 122 Å². The molecule has 1 aromatic rings. The van der Waals surface area contributed by atoms with Gasteiger partial charge in [-0.1, -0.05) is 13.3 Å². The number of likely N-dealkylation sites (tertiary alicyclic amines) is 1. The highest BCUT2D eigenvalue weighted by Gasteiger charge is 2.24. The van der Waals surface area contributed by atoms with Crippen molar-refractivity contribution in [3.63, 3.8) is 0 Å². The van der Waals surface area contributed by atoms with E-state index in [1.165, 1.54) is 19.5 Å². The maximum Gasteiger partial charge on any atom is 0.147 e. The predicted octanol–water partition coefficient (Wildman–Crippen LogP) is 2.10. The molecule has 2 heterocycles. The van der Waals surface area contributed by atoms with Gasteiger partial charge in [-0.15, -0.1) is 0 Å². The highest BCUT2D eigenvalue weighted by atomic mass is 15.3. The molecule has 1 atom stereocenters. The average Bonchev–Trinajstić information content (AvgIpc) is 2.95. The normalized spacial score (nSPS) is 19.9. The van der Waals surface area contributed by atoms with E-state index in [1.54, 1.807) is 0 Å². The standard InChI is InChI=1S/C15H29N5/c1-5-6-13-14(16)15(19(4)18-13)17-9-12-7-8-20(10-12)11(2)3/h11-12,17H,5-10,16H2,1-4H3. The van der Waals surface area contributed by atoms with Crippen LogP contribution in [0.4, 0.5) is 11.5 Å². The van der Waals surface area contributed by atoms with Crippen molar-refractivity contribution in [2.24, 2.45) is 13.0 Å². The fourth-order valence-electron chi connectivity index (χ4n) is 2.97. The smallest absolute Gasteiger partial charge is 0.147 e. The number of hydrogen-bond acceptors (Lipinski definition) is 4. The Hall–Kier alpha value is -1.23. The number of nitrogens with zero attached hydrogens (tertiary/aromatic N) is 3. The highest BCUT2D eigenvalue weighted by Crippen LogP contribution is 2.25. The number of nitrogens with one attached hydrogen (secondary N) is 1.